The first-order valence-electron chi connectivity index (χ1n) is 6.85. The van der Waals surface area contributed by atoms with Crippen LogP contribution in [-0.4, -0.2) is 7.11 Å². The van der Waals surface area contributed by atoms with Crippen LogP contribution >= 0.6 is 22.6 Å². The zero-order valence-corrected chi connectivity index (χ0v) is 15.0. The Morgan fingerprint density at radius 1 is 1.05 bits per heavy atom. The van der Waals surface area contributed by atoms with Gasteiger partial charge in [-0.05, 0) is 77.2 Å². The summed E-state index contributed by atoms with van der Waals surface area (Å²) in [5, 5.41) is 0. The van der Waals surface area contributed by atoms with E-state index in [4.69, 9.17) is 10.6 Å². The molecule has 1 unspecified atom stereocenters. The van der Waals surface area contributed by atoms with E-state index >= 15 is 0 Å². The predicted molar refractivity (Wildman–Crippen MR) is 95.5 cm³/mol. The van der Waals surface area contributed by atoms with Gasteiger partial charge in [0.2, 0.25) is 0 Å². The van der Waals surface area contributed by atoms with Crippen LogP contribution in [0.25, 0.3) is 0 Å². The molecule has 1 atom stereocenters. The Hall–Kier alpha value is -1.11. The summed E-state index contributed by atoms with van der Waals surface area (Å²) in [6.07, 6.45) is 0. The fraction of sp³-hybridized carbons (Fsp3) is 0.294. The predicted octanol–water partition coefficient (Wildman–Crippen LogP) is 3.78. The van der Waals surface area contributed by atoms with Gasteiger partial charge >= 0.3 is 0 Å². The Morgan fingerprint density at radius 3 is 2.38 bits per heavy atom. The smallest absolute Gasteiger partial charge is 0.122 e. The minimum atomic E-state index is -0.0265. The van der Waals surface area contributed by atoms with Crippen LogP contribution in [0.4, 0.5) is 0 Å². The molecule has 0 aliphatic carbocycles. The summed E-state index contributed by atoms with van der Waals surface area (Å²) in [7, 11) is 1.70. The number of methoxy groups -OCH3 is 1. The lowest BCUT2D eigenvalue weighted by Gasteiger charge is -2.22. The molecule has 0 heterocycles. The first-order valence-corrected chi connectivity index (χ1v) is 7.93. The van der Waals surface area contributed by atoms with E-state index in [2.05, 4.69) is 79.1 Å². The van der Waals surface area contributed by atoms with Crippen molar-refractivity contribution in [1.82, 2.24) is 5.43 Å². The van der Waals surface area contributed by atoms with Crippen molar-refractivity contribution in [3.05, 3.63) is 61.7 Å². The molecule has 0 radical (unpaired) electrons. The van der Waals surface area contributed by atoms with E-state index in [-0.39, 0.29) is 6.04 Å². The molecule has 0 aromatic heterocycles. The molecule has 0 aliphatic rings. The number of ether oxygens (including phenoxy) is 1. The average molecular weight is 396 g/mol. The van der Waals surface area contributed by atoms with E-state index in [9.17, 15) is 0 Å². The van der Waals surface area contributed by atoms with Crippen molar-refractivity contribution in [1.29, 1.82) is 0 Å². The van der Waals surface area contributed by atoms with Gasteiger partial charge in [-0.1, -0.05) is 24.3 Å². The van der Waals surface area contributed by atoms with Gasteiger partial charge in [0, 0.05) is 3.57 Å². The average Bonchev–Trinajstić information content (AvgIpc) is 2.47. The van der Waals surface area contributed by atoms with Crippen molar-refractivity contribution >= 4 is 22.6 Å². The van der Waals surface area contributed by atoms with Crippen molar-refractivity contribution in [2.75, 3.05) is 7.11 Å². The zero-order chi connectivity index (χ0) is 15.6. The molecule has 2 aromatic carbocycles. The van der Waals surface area contributed by atoms with E-state index < -0.39 is 0 Å². The molecule has 3 N–H and O–H groups in total. The highest BCUT2D eigenvalue weighted by atomic mass is 127. The Kier molecular flexibility index (Phi) is 5.24. The monoisotopic (exact) mass is 396 g/mol. The van der Waals surface area contributed by atoms with Gasteiger partial charge in [0.25, 0.3) is 0 Å². The van der Waals surface area contributed by atoms with Crippen LogP contribution in [0.1, 0.15) is 33.9 Å². The van der Waals surface area contributed by atoms with Gasteiger partial charge in [0.05, 0.1) is 13.2 Å². The van der Waals surface area contributed by atoms with E-state index in [1.54, 1.807) is 7.11 Å². The van der Waals surface area contributed by atoms with Crippen LogP contribution in [-0.2, 0) is 0 Å². The third kappa shape index (κ3) is 3.22. The number of hydrazine groups is 1. The van der Waals surface area contributed by atoms with Gasteiger partial charge in [-0.25, -0.2) is 5.43 Å². The fourth-order valence-electron chi connectivity index (χ4n) is 2.58. The maximum atomic E-state index is 5.86. The van der Waals surface area contributed by atoms with Gasteiger partial charge in [-0.15, -0.1) is 0 Å². The summed E-state index contributed by atoms with van der Waals surface area (Å²) in [6, 6.07) is 10.5. The number of halogens is 1. The number of rotatable bonds is 4. The maximum absolute atomic E-state index is 5.86. The molecule has 2 rings (SSSR count). The molecule has 3 nitrogen and oxygen atoms in total. The first-order chi connectivity index (χ1) is 9.99. The Morgan fingerprint density at radius 2 is 1.76 bits per heavy atom. The van der Waals surface area contributed by atoms with Gasteiger partial charge in [0.15, 0.2) is 0 Å². The van der Waals surface area contributed by atoms with E-state index in [0.29, 0.717) is 0 Å². The van der Waals surface area contributed by atoms with Crippen molar-refractivity contribution in [2.24, 2.45) is 5.84 Å². The quantitative estimate of drug-likeness (QED) is 0.470. The van der Waals surface area contributed by atoms with Gasteiger partial charge in [-0.3, -0.25) is 5.84 Å². The van der Waals surface area contributed by atoms with Crippen LogP contribution < -0.4 is 16.0 Å². The van der Waals surface area contributed by atoms with Crippen molar-refractivity contribution < 1.29 is 4.74 Å². The molecule has 0 saturated heterocycles. The molecule has 4 heteroatoms. The van der Waals surface area contributed by atoms with Crippen molar-refractivity contribution in [2.45, 2.75) is 26.8 Å². The molecule has 2 aromatic rings. The van der Waals surface area contributed by atoms with Crippen LogP contribution in [0, 0.1) is 24.3 Å². The molecular formula is C17H21IN2O. The highest BCUT2D eigenvalue weighted by Gasteiger charge is 2.19. The van der Waals surface area contributed by atoms with Crippen LogP contribution in [0.2, 0.25) is 0 Å². The second-order valence-electron chi connectivity index (χ2n) is 5.26. The van der Waals surface area contributed by atoms with Gasteiger partial charge in [0.1, 0.15) is 5.75 Å². The summed E-state index contributed by atoms with van der Waals surface area (Å²) in [4.78, 5) is 0. The third-order valence-electron chi connectivity index (χ3n) is 3.79. The Balaban J connectivity index is 2.57. The van der Waals surface area contributed by atoms with Crippen molar-refractivity contribution in [3.63, 3.8) is 0 Å². The molecular weight excluding hydrogens is 375 g/mol. The molecule has 0 amide bonds. The van der Waals surface area contributed by atoms with Crippen LogP contribution in [0.5, 0.6) is 5.75 Å². The van der Waals surface area contributed by atoms with Gasteiger partial charge < -0.3 is 4.74 Å². The van der Waals surface area contributed by atoms with Gasteiger partial charge in [-0.2, -0.15) is 0 Å². The standard InChI is InChI=1S/C17H21IN2O/c1-10-6-5-7-13(16(10)18)17(20-19)14-8-12(3)15(21-4)9-11(14)2/h5-9,17,20H,19H2,1-4H3. The SMILES string of the molecule is COc1cc(C)c(C(NN)c2cccc(C)c2I)cc1C. The minimum absolute atomic E-state index is 0.0265. The first kappa shape index (κ1) is 16.3. The number of hydrogen-bond acceptors (Lipinski definition) is 3. The highest BCUT2D eigenvalue weighted by molar-refractivity contribution is 14.1. The largest absolute Gasteiger partial charge is 0.496 e. The number of nitrogens with one attached hydrogen (secondary N) is 1. The highest BCUT2D eigenvalue weighted by Crippen LogP contribution is 2.32. The molecule has 21 heavy (non-hydrogen) atoms. The topological polar surface area (TPSA) is 47.3 Å². The number of nitrogens with two attached hydrogens (primary N) is 1. The molecule has 112 valence electrons. The second-order valence-corrected chi connectivity index (χ2v) is 6.33. The second kappa shape index (κ2) is 6.77. The molecule has 0 spiro atoms. The summed E-state index contributed by atoms with van der Waals surface area (Å²) in [6.45, 7) is 6.26. The third-order valence-corrected chi connectivity index (χ3v) is 5.27. The van der Waals surface area contributed by atoms with E-state index in [0.717, 1.165) is 16.9 Å². The van der Waals surface area contributed by atoms with Crippen molar-refractivity contribution in [3.8, 4) is 5.75 Å². The van der Waals surface area contributed by atoms with Crippen LogP contribution in [0.15, 0.2) is 30.3 Å². The lowest BCUT2D eigenvalue weighted by molar-refractivity contribution is 0.411. The lowest BCUT2D eigenvalue weighted by Crippen LogP contribution is -2.30. The molecule has 0 saturated carbocycles. The zero-order valence-electron chi connectivity index (χ0n) is 12.8. The van der Waals surface area contributed by atoms with E-state index in [1.165, 1.54) is 20.3 Å². The minimum Gasteiger partial charge on any atom is -0.496 e. The Labute approximate surface area is 140 Å². The van der Waals surface area contributed by atoms with E-state index in [1.807, 2.05) is 0 Å². The Bertz CT molecular complexity index is 655. The fourth-order valence-corrected chi connectivity index (χ4v) is 3.25. The number of benzene rings is 2. The maximum Gasteiger partial charge on any atom is 0.122 e. The number of hydrogen-bond donors (Lipinski definition) is 2. The summed E-state index contributed by atoms with van der Waals surface area (Å²) >= 11 is 2.38. The molecule has 0 bridgehead atoms. The summed E-state index contributed by atoms with van der Waals surface area (Å²) in [5.41, 5.74) is 8.88. The summed E-state index contributed by atoms with van der Waals surface area (Å²) < 4.78 is 6.63. The molecule has 0 fully saturated rings. The lowest BCUT2D eigenvalue weighted by atomic mass is 9.93. The van der Waals surface area contributed by atoms with Crippen LogP contribution in [0.3, 0.4) is 0 Å². The molecule has 0 aliphatic heterocycles. The summed E-state index contributed by atoms with van der Waals surface area (Å²) in [5.74, 6) is 6.77. The number of aryl methyl sites for hydroxylation is 3. The normalized spacial score (nSPS) is 12.3.